The molecular weight excluding hydrogens is 498 g/mol. The van der Waals surface area contributed by atoms with E-state index >= 15 is 0 Å². The SMILES string of the molecule is C=C/C=C(\C=C(/C=C)N(CC)CCC/C(C)=C/C)N1CCc2c(-c3cccc(O)c3)nc(N3CCOCC3)nc21. The van der Waals surface area contributed by atoms with Gasteiger partial charge >= 0.3 is 0 Å². The molecule has 1 aromatic heterocycles. The van der Waals surface area contributed by atoms with E-state index in [1.807, 2.05) is 30.4 Å². The molecule has 2 aliphatic rings. The predicted molar refractivity (Wildman–Crippen MR) is 166 cm³/mol. The van der Waals surface area contributed by atoms with Crippen LogP contribution in [0.3, 0.4) is 0 Å². The van der Waals surface area contributed by atoms with Crippen molar-refractivity contribution in [3.8, 4) is 17.0 Å². The number of anilines is 2. The van der Waals surface area contributed by atoms with Crippen LogP contribution in [0.15, 0.2) is 84.8 Å². The molecule has 2 aliphatic heterocycles. The van der Waals surface area contributed by atoms with Crippen LogP contribution >= 0.6 is 0 Å². The number of benzene rings is 1. The lowest BCUT2D eigenvalue weighted by Crippen LogP contribution is -2.37. The highest BCUT2D eigenvalue weighted by molar-refractivity contribution is 5.75. The summed E-state index contributed by atoms with van der Waals surface area (Å²) in [6, 6.07) is 7.32. The van der Waals surface area contributed by atoms with Crippen molar-refractivity contribution in [1.29, 1.82) is 0 Å². The molecule has 4 rings (SSSR count). The predicted octanol–water partition coefficient (Wildman–Crippen LogP) is 6.26. The first-order chi connectivity index (χ1) is 19.5. The summed E-state index contributed by atoms with van der Waals surface area (Å²) in [7, 11) is 0. The number of rotatable bonds is 12. The van der Waals surface area contributed by atoms with Gasteiger partial charge in [0, 0.05) is 55.2 Å². The second kappa shape index (κ2) is 14.0. The van der Waals surface area contributed by atoms with Crippen LogP contribution in [-0.2, 0) is 11.2 Å². The fourth-order valence-corrected chi connectivity index (χ4v) is 5.22. The summed E-state index contributed by atoms with van der Waals surface area (Å²) >= 11 is 0. The second-order valence-corrected chi connectivity index (χ2v) is 10.1. The maximum Gasteiger partial charge on any atom is 0.228 e. The van der Waals surface area contributed by atoms with Gasteiger partial charge < -0.3 is 24.5 Å². The van der Waals surface area contributed by atoms with Crippen molar-refractivity contribution in [3.63, 3.8) is 0 Å². The molecule has 1 saturated heterocycles. The first-order valence-electron chi connectivity index (χ1n) is 14.3. The molecular formula is C33H43N5O2. The van der Waals surface area contributed by atoms with E-state index in [9.17, 15) is 5.11 Å². The first kappa shape index (κ1) is 29.2. The van der Waals surface area contributed by atoms with Gasteiger partial charge in [-0.15, -0.1) is 0 Å². The normalized spacial score (nSPS) is 16.2. The minimum absolute atomic E-state index is 0.225. The van der Waals surface area contributed by atoms with E-state index in [0.717, 1.165) is 86.0 Å². The summed E-state index contributed by atoms with van der Waals surface area (Å²) < 4.78 is 5.59. The molecule has 0 atom stereocenters. The standard InChI is InChI=1S/C33H43N5O2/c1-6-12-28(24-27(8-3)36(9-4)17-11-13-25(5)7-2)38-18-16-30-31(26-14-10-15-29(39)23-26)34-33(35-32(30)38)37-19-21-40-22-20-37/h6-8,10,12,14-15,23-24,39H,1,3,9,11,13,16-22H2,2,4-5H3/b25-7+,27-24+,28-12+. The topological polar surface area (TPSA) is 65.0 Å². The highest BCUT2D eigenvalue weighted by atomic mass is 16.5. The van der Waals surface area contributed by atoms with Crippen molar-refractivity contribution in [2.75, 3.05) is 55.7 Å². The van der Waals surface area contributed by atoms with Crippen molar-refractivity contribution < 1.29 is 9.84 Å². The molecule has 212 valence electrons. The van der Waals surface area contributed by atoms with Gasteiger partial charge in [0.25, 0.3) is 0 Å². The van der Waals surface area contributed by atoms with Crippen LogP contribution in [0, 0.1) is 0 Å². The largest absolute Gasteiger partial charge is 0.508 e. The molecule has 0 saturated carbocycles. The van der Waals surface area contributed by atoms with Crippen molar-refractivity contribution in [2.24, 2.45) is 0 Å². The number of phenols is 1. The third-order valence-electron chi connectivity index (χ3n) is 7.57. The molecule has 3 heterocycles. The van der Waals surface area contributed by atoms with Gasteiger partial charge in [-0.25, -0.2) is 4.98 Å². The summed E-state index contributed by atoms with van der Waals surface area (Å²) in [5, 5.41) is 10.2. The van der Waals surface area contributed by atoms with Gasteiger partial charge in [-0.2, -0.15) is 4.98 Å². The van der Waals surface area contributed by atoms with Gasteiger partial charge in [-0.3, -0.25) is 0 Å². The van der Waals surface area contributed by atoms with Gasteiger partial charge in [0.15, 0.2) is 0 Å². The quantitative estimate of drug-likeness (QED) is 0.251. The Hall–Kier alpha value is -3.84. The molecule has 0 spiro atoms. The number of likely N-dealkylation sites (N-methyl/N-ethyl adjacent to an activating group) is 1. The highest BCUT2D eigenvalue weighted by Gasteiger charge is 2.30. The second-order valence-electron chi connectivity index (χ2n) is 10.1. The molecule has 40 heavy (non-hydrogen) atoms. The Morgan fingerprint density at radius 1 is 1.18 bits per heavy atom. The number of hydrogen-bond donors (Lipinski definition) is 1. The van der Waals surface area contributed by atoms with Gasteiger partial charge in [0.2, 0.25) is 5.95 Å². The van der Waals surface area contributed by atoms with E-state index in [1.165, 1.54) is 5.57 Å². The molecule has 0 amide bonds. The number of hydrogen-bond acceptors (Lipinski definition) is 7. The number of aromatic hydroxyl groups is 1. The zero-order valence-corrected chi connectivity index (χ0v) is 24.3. The van der Waals surface area contributed by atoms with Gasteiger partial charge in [0.1, 0.15) is 11.6 Å². The zero-order valence-electron chi connectivity index (χ0n) is 24.3. The smallest absolute Gasteiger partial charge is 0.228 e. The van der Waals surface area contributed by atoms with Crippen LogP contribution in [0.25, 0.3) is 11.3 Å². The Labute approximate surface area is 239 Å². The van der Waals surface area contributed by atoms with Crippen LogP contribution in [-0.4, -0.2) is 65.9 Å². The number of allylic oxidation sites excluding steroid dienone is 6. The summed E-state index contributed by atoms with van der Waals surface area (Å²) in [5.74, 6) is 1.81. The lowest BCUT2D eigenvalue weighted by molar-refractivity contribution is 0.122. The van der Waals surface area contributed by atoms with E-state index < -0.39 is 0 Å². The lowest BCUT2D eigenvalue weighted by Gasteiger charge is -2.29. The van der Waals surface area contributed by atoms with Crippen molar-refractivity contribution >= 4 is 11.8 Å². The Morgan fingerprint density at radius 3 is 2.65 bits per heavy atom. The van der Waals surface area contributed by atoms with Crippen molar-refractivity contribution in [3.05, 3.63) is 90.3 Å². The summed E-state index contributed by atoms with van der Waals surface area (Å²) in [6.07, 6.45) is 13.2. The summed E-state index contributed by atoms with van der Waals surface area (Å²) in [4.78, 5) is 17.0. The summed E-state index contributed by atoms with van der Waals surface area (Å²) in [6.45, 7) is 20.1. The number of fused-ring (bicyclic) bond motifs is 1. The molecule has 1 fully saturated rings. The molecule has 1 aromatic carbocycles. The van der Waals surface area contributed by atoms with Crippen LogP contribution in [0.4, 0.5) is 11.8 Å². The highest BCUT2D eigenvalue weighted by Crippen LogP contribution is 2.38. The Balaban J connectivity index is 1.73. The number of ether oxygens (including phenoxy) is 1. The van der Waals surface area contributed by atoms with Crippen molar-refractivity contribution in [2.45, 2.75) is 40.0 Å². The molecule has 7 nitrogen and oxygen atoms in total. The maximum absolute atomic E-state index is 10.2. The van der Waals surface area contributed by atoms with Crippen LogP contribution in [0.5, 0.6) is 5.75 Å². The van der Waals surface area contributed by atoms with Gasteiger partial charge in [0.05, 0.1) is 18.9 Å². The van der Waals surface area contributed by atoms with E-state index in [2.05, 4.69) is 60.8 Å². The number of aromatic nitrogens is 2. The Kier molecular flexibility index (Phi) is 10.2. The third-order valence-corrected chi connectivity index (χ3v) is 7.57. The minimum Gasteiger partial charge on any atom is -0.508 e. The Bertz CT molecular complexity index is 1290. The van der Waals surface area contributed by atoms with E-state index in [4.69, 9.17) is 14.7 Å². The third kappa shape index (κ3) is 6.83. The molecule has 2 aromatic rings. The molecule has 7 heteroatoms. The molecule has 0 aliphatic carbocycles. The van der Waals surface area contributed by atoms with Gasteiger partial charge in [-0.05, 0) is 70.4 Å². The average molecular weight is 542 g/mol. The van der Waals surface area contributed by atoms with E-state index in [0.29, 0.717) is 19.2 Å². The molecule has 0 unspecified atom stereocenters. The number of phenolic OH excluding ortho intramolecular Hbond substituents is 1. The Morgan fingerprint density at radius 2 is 1.98 bits per heavy atom. The van der Waals surface area contributed by atoms with Crippen LogP contribution in [0.2, 0.25) is 0 Å². The number of morpholine rings is 1. The fraction of sp³-hybridized carbons (Fsp3) is 0.394. The zero-order chi connectivity index (χ0) is 28.5. The van der Waals surface area contributed by atoms with E-state index in [1.54, 1.807) is 12.1 Å². The van der Waals surface area contributed by atoms with E-state index in [-0.39, 0.29) is 5.75 Å². The van der Waals surface area contributed by atoms with Crippen molar-refractivity contribution in [1.82, 2.24) is 14.9 Å². The first-order valence-corrected chi connectivity index (χ1v) is 14.3. The fourth-order valence-electron chi connectivity index (χ4n) is 5.22. The molecule has 0 radical (unpaired) electrons. The lowest BCUT2D eigenvalue weighted by atomic mass is 10.1. The summed E-state index contributed by atoms with van der Waals surface area (Å²) in [5.41, 5.74) is 6.35. The molecule has 1 N–H and O–H groups in total. The van der Waals surface area contributed by atoms with Gasteiger partial charge in [-0.1, -0.05) is 43.0 Å². The average Bonchev–Trinajstić information content (AvgIpc) is 3.41. The molecule has 0 bridgehead atoms. The van der Waals surface area contributed by atoms with Crippen LogP contribution in [0.1, 0.15) is 39.2 Å². The monoisotopic (exact) mass is 541 g/mol. The minimum atomic E-state index is 0.225. The van der Waals surface area contributed by atoms with Crippen LogP contribution < -0.4 is 9.80 Å². The maximum atomic E-state index is 10.2. The number of nitrogens with zero attached hydrogens (tertiary/aromatic N) is 5.